The molecule has 2 amide bonds. The van der Waals surface area contributed by atoms with Crippen LogP contribution in [0.1, 0.15) is 24.9 Å². The Morgan fingerprint density at radius 3 is 2.83 bits per heavy atom. The van der Waals surface area contributed by atoms with Gasteiger partial charge in [-0.15, -0.1) is 0 Å². The molecule has 6 nitrogen and oxygen atoms in total. The van der Waals surface area contributed by atoms with E-state index in [1.165, 1.54) is 9.58 Å². The summed E-state index contributed by atoms with van der Waals surface area (Å²) >= 11 is 0. The highest BCUT2D eigenvalue weighted by Crippen LogP contribution is 2.29. The van der Waals surface area contributed by atoms with Crippen LogP contribution in [0.4, 0.5) is 8.78 Å². The van der Waals surface area contributed by atoms with Crippen LogP contribution >= 0.6 is 0 Å². The lowest BCUT2D eigenvalue weighted by Gasteiger charge is -2.38. The van der Waals surface area contributed by atoms with Gasteiger partial charge in [0.25, 0.3) is 5.92 Å². The van der Waals surface area contributed by atoms with Crippen molar-refractivity contribution in [2.24, 2.45) is 0 Å². The van der Waals surface area contributed by atoms with Crippen molar-refractivity contribution in [3.63, 3.8) is 0 Å². The summed E-state index contributed by atoms with van der Waals surface area (Å²) in [7, 11) is 0. The lowest BCUT2D eigenvalue weighted by Crippen LogP contribution is -2.60. The fourth-order valence-electron chi connectivity index (χ4n) is 2.44. The summed E-state index contributed by atoms with van der Waals surface area (Å²) in [5, 5.41) is 6.36. The molecule has 1 saturated heterocycles. The maximum atomic E-state index is 14.0. The molecule has 1 aromatic heterocycles. The van der Waals surface area contributed by atoms with E-state index in [1.807, 2.05) is 6.92 Å². The van der Waals surface area contributed by atoms with Gasteiger partial charge in [0.05, 0.1) is 6.20 Å². The topological polar surface area (TPSA) is 67.2 Å². The molecule has 2 rings (SSSR count). The Bertz CT molecular complexity index is 614. The molecule has 1 N–H and O–H groups in total. The second kappa shape index (κ2) is 6.47. The van der Waals surface area contributed by atoms with Crippen LogP contribution in [0.3, 0.4) is 0 Å². The number of likely N-dealkylation sites (tertiary alicyclic amines) is 1. The Morgan fingerprint density at radius 2 is 2.26 bits per heavy atom. The summed E-state index contributed by atoms with van der Waals surface area (Å²) in [4.78, 5) is 25.1. The number of carbonyl (C=O) groups excluding carboxylic acids is 2. The van der Waals surface area contributed by atoms with Crippen molar-refractivity contribution in [1.82, 2.24) is 20.0 Å². The highest BCUT2D eigenvalue weighted by molar-refractivity contribution is 5.87. The molecule has 1 aliphatic heterocycles. The summed E-state index contributed by atoms with van der Waals surface area (Å²) in [6, 6.07) is -2.14. The molecule has 0 spiro atoms. The summed E-state index contributed by atoms with van der Waals surface area (Å²) in [6.07, 6.45) is 3.84. The number of aryl methyl sites for hydroxylation is 1. The van der Waals surface area contributed by atoms with Crippen LogP contribution in [0.5, 0.6) is 0 Å². The predicted octanol–water partition coefficient (Wildman–Crippen LogP) is 1.29. The third kappa shape index (κ3) is 3.75. The van der Waals surface area contributed by atoms with E-state index in [9.17, 15) is 18.4 Å². The number of carbonyl (C=O) groups is 2. The molecule has 2 heterocycles. The molecule has 0 bridgehead atoms. The van der Waals surface area contributed by atoms with Gasteiger partial charge in [0.2, 0.25) is 11.8 Å². The first-order chi connectivity index (χ1) is 10.7. The van der Waals surface area contributed by atoms with Crippen molar-refractivity contribution in [3.05, 3.63) is 30.6 Å². The van der Waals surface area contributed by atoms with Crippen LogP contribution in [0, 0.1) is 6.92 Å². The fourth-order valence-corrected chi connectivity index (χ4v) is 2.44. The van der Waals surface area contributed by atoms with E-state index in [1.54, 1.807) is 19.3 Å². The van der Waals surface area contributed by atoms with Crippen LogP contribution in [0.15, 0.2) is 25.0 Å². The standard InChI is InChI=1S/C15H20F2N4O2/c1-4-13(22)20-6-5-15(16,17)12(9-20)19-14(23)11(3)21-8-10(2)7-18-21/h4,7-8,11-12H,1,5-6,9H2,2-3H3,(H,19,23)/t11?,12-/m1/s1. The van der Waals surface area contributed by atoms with E-state index >= 15 is 0 Å². The highest BCUT2D eigenvalue weighted by Gasteiger charge is 2.46. The first kappa shape index (κ1) is 17.1. The quantitative estimate of drug-likeness (QED) is 0.848. The van der Waals surface area contributed by atoms with Crippen molar-refractivity contribution in [3.8, 4) is 0 Å². The molecule has 0 aliphatic carbocycles. The van der Waals surface area contributed by atoms with Crippen LogP contribution < -0.4 is 5.32 Å². The van der Waals surface area contributed by atoms with Crippen molar-refractivity contribution in [2.75, 3.05) is 13.1 Å². The zero-order chi connectivity index (χ0) is 17.2. The molecular weight excluding hydrogens is 306 g/mol. The Balaban J connectivity index is 2.07. The SMILES string of the molecule is C=CC(=O)N1CCC(F)(F)[C@H](NC(=O)C(C)n2cc(C)cn2)C1. The summed E-state index contributed by atoms with van der Waals surface area (Å²) in [5.41, 5.74) is 0.871. The minimum Gasteiger partial charge on any atom is -0.344 e. The number of rotatable bonds is 4. The third-order valence-corrected chi connectivity index (χ3v) is 3.94. The first-order valence-corrected chi connectivity index (χ1v) is 7.35. The summed E-state index contributed by atoms with van der Waals surface area (Å²) < 4.78 is 29.5. The van der Waals surface area contributed by atoms with Gasteiger partial charge in [-0.25, -0.2) is 8.78 Å². The van der Waals surface area contributed by atoms with Crippen LogP contribution in [-0.4, -0.2) is 51.5 Å². The van der Waals surface area contributed by atoms with Gasteiger partial charge < -0.3 is 10.2 Å². The van der Waals surface area contributed by atoms with Crippen molar-refractivity contribution >= 4 is 11.8 Å². The summed E-state index contributed by atoms with van der Waals surface area (Å²) in [6.45, 7) is 6.45. The second-order valence-corrected chi connectivity index (χ2v) is 5.73. The maximum absolute atomic E-state index is 14.0. The van der Waals surface area contributed by atoms with Gasteiger partial charge in [-0.2, -0.15) is 5.10 Å². The molecule has 1 aromatic rings. The van der Waals surface area contributed by atoms with Gasteiger partial charge in [-0.05, 0) is 25.5 Å². The van der Waals surface area contributed by atoms with E-state index < -0.39 is 36.2 Å². The molecule has 23 heavy (non-hydrogen) atoms. The number of halogens is 2. The fraction of sp³-hybridized carbons (Fsp3) is 0.533. The predicted molar refractivity (Wildman–Crippen MR) is 79.9 cm³/mol. The largest absolute Gasteiger partial charge is 0.344 e. The number of hydrogen-bond acceptors (Lipinski definition) is 3. The van der Waals surface area contributed by atoms with Gasteiger partial charge in [0, 0.05) is 25.7 Å². The van der Waals surface area contributed by atoms with Crippen LogP contribution in [0.25, 0.3) is 0 Å². The lowest BCUT2D eigenvalue weighted by atomic mass is 10.0. The summed E-state index contributed by atoms with van der Waals surface area (Å²) in [5.74, 6) is -4.05. The number of piperidine rings is 1. The molecule has 1 aliphatic rings. The molecule has 0 saturated carbocycles. The Kier molecular flexibility index (Phi) is 4.82. The molecule has 1 fully saturated rings. The number of amides is 2. The van der Waals surface area contributed by atoms with E-state index in [-0.39, 0.29) is 13.1 Å². The van der Waals surface area contributed by atoms with E-state index in [0.717, 1.165) is 11.6 Å². The molecule has 8 heteroatoms. The van der Waals surface area contributed by atoms with Gasteiger partial charge >= 0.3 is 0 Å². The normalized spacial score (nSPS) is 21.6. The second-order valence-electron chi connectivity index (χ2n) is 5.73. The Labute approximate surface area is 133 Å². The van der Waals surface area contributed by atoms with Crippen molar-refractivity contribution in [2.45, 2.75) is 38.3 Å². The molecule has 0 aromatic carbocycles. The van der Waals surface area contributed by atoms with Gasteiger partial charge in [-0.1, -0.05) is 6.58 Å². The minimum absolute atomic E-state index is 0.0574. The number of nitrogens with zero attached hydrogens (tertiary/aromatic N) is 3. The van der Waals surface area contributed by atoms with E-state index in [4.69, 9.17) is 0 Å². The molecule has 0 radical (unpaired) electrons. The smallest absolute Gasteiger partial charge is 0.271 e. The number of nitrogens with one attached hydrogen (secondary N) is 1. The first-order valence-electron chi connectivity index (χ1n) is 7.35. The zero-order valence-corrected chi connectivity index (χ0v) is 13.1. The number of aromatic nitrogens is 2. The Morgan fingerprint density at radius 1 is 1.57 bits per heavy atom. The minimum atomic E-state index is -3.06. The third-order valence-electron chi connectivity index (χ3n) is 3.94. The monoisotopic (exact) mass is 326 g/mol. The average molecular weight is 326 g/mol. The average Bonchev–Trinajstić information content (AvgIpc) is 2.94. The molecular formula is C15H20F2N4O2. The van der Waals surface area contributed by atoms with Crippen molar-refractivity contribution in [1.29, 1.82) is 0 Å². The van der Waals surface area contributed by atoms with Crippen LogP contribution in [-0.2, 0) is 9.59 Å². The molecule has 2 atom stereocenters. The van der Waals surface area contributed by atoms with E-state index in [2.05, 4.69) is 17.0 Å². The van der Waals surface area contributed by atoms with Gasteiger partial charge in [-0.3, -0.25) is 14.3 Å². The maximum Gasteiger partial charge on any atom is 0.271 e. The van der Waals surface area contributed by atoms with Gasteiger partial charge in [0.15, 0.2) is 0 Å². The highest BCUT2D eigenvalue weighted by atomic mass is 19.3. The molecule has 126 valence electrons. The van der Waals surface area contributed by atoms with Gasteiger partial charge in [0.1, 0.15) is 12.1 Å². The lowest BCUT2D eigenvalue weighted by molar-refractivity contribution is -0.141. The van der Waals surface area contributed by atoms with Crippen molar-refractivity contribution < 1.29 is 18.4 Å². The number of hydrogen-bond donors (Lipinski definition) is 1. The zero-order valence-electron chi connectivity index (χ0n) is 13.1. The molecule has 1 unspecified atom stereocenters. The van der Waals surface area contributed by atoms with Crippen LogP contribution in [0.2, 0.25) is 0 Å². The van der Waals surface area contributed by atoms with E-state index in [0.29, 0.717) is 0 Å². The Hall–Kier alpha value is -2.25. The number of alkyl halides is 2.